The van der Waals surface area contributed by atoms with Crippen molar-refractivity contribution in [2.45, 2.75) is 45.4 Å². The zero-order valence-electron chi connectivity index (χ0n) is 15.9. The minimum Gasteiger partial charge on any atom is -0.381 e. The lowest BCUT2D eigenvalue weighted by atomic mass is 9.85. The van der Waals surface area contributed by atoms with Crippen molar-refractivity contribution in [3.8, 4) is 11.4 Å². The van der Waals surface area contributed by atoms with E-state index >= 15 is 0 Å². The molecule has 1 N–H and O–H groups in total. The van der Waals surface area contributed by atoms with E-state index in [0.29, 0.717) is 30.5 Å². The van der Waals surface area contributed by atoms with Crippen LogP contribution in [0.15, 0.2) is 12.1 Å². The molecule has 5 rings (SSSR count). The predicted octanol–water partition coefficient (Wildman–Crippen LogP) is 3.38. The molecule has 5 nitrogen and oxygen atoms in total. The highest BCUT2D eigenvalue weighted by molar-refractivity contribution is 5.92. The number of halogens is 1. The first-order chi connectivity index (χ1) is 13.5. The Balaban J connectivity index is 1.80. The van der Waals surface area contributed by atoms with Gasteiger partial charge in [-0.2, -0.15) is 0 Å². The number of carbonyl (C=O) groups excluding carboxylic acids is 1. The number of hydrogen-bond donors (Lipinski definition) is 1. The van der Waals surface area contributed by atoms with Crippen LogP contribution in [0.25, 0.3) is 22.3 Å². The van der Waals surface area contributed by atoms with E-state index in [0.717, 1.165) is 52.9 Å². The first kappa shape index (κ1) is 17.5. The number of carbonyl (C=O) groups is 1. The highest BCUT2D eigenvalue weighted by Gasteiger charge is 2.32. The van der Waals surface area contributed by atoms with Crippen LogP contribution < -0.4 is 0 Å². The second-order valence-corrected chi connectivity index (χ2v) is 7.66. The van der Waals surface area contributed by atoms with Gasteiger partial charge in [0.15, 0.2) is 6.29 Å². The summed E-state index contributed by atoms with van der Waals surface area (Å²) in [5, 5.41) is 11.2. The summed E-state index contributed by atoms with van der Waals surface area (Å²) in [4.78, 5) is 16.0. The Morgan fingerprint density at radius 2 is 2.11 bits per heavy atom. The highest BCUT2D eigenvalue weighted by Crippen LogP contribution is 2.43. The number of fused-ring (bicyclic) bond motifs is 4. The van der Waals surface area contributed by atoms with Crippen LogP contribution in [0.5, 0.6) is 0 Å². The number of pyridine rings is 1. The van der Waals surface area contributed by atoms with Gasteiger partial charge in [0.25, 0.3) is 0 Å². The number of aliphatic hydroxyl groups is 1. The minimum absolute atomic E-state index is 0.215. The summed E-state index contributed by atoms with van der Waals surface area (Å²) in [6.45, 7) is 2.77. The average molecular weight is 380 g/mol. The van der Waals surface area contributed by atoms with Gasteiger partial charge in [-0.25, -0.2) is 9.37 Å². The molecule has 0 spiro atoms. The van der Waals surface area contributed by atoms with Crippen LogP contribution >= 0.6 is 0 Å². The van der Waals surface area contributed by atoms with Crippen molar-refractivity contribution in [1.29, 1.82) is 0 Å². The summed E-state index contributed by atoms with van der Waals surface area (Å²) in [5.74, 6) is -0.215. The third-order valence-electron chi connectivity index (χ3n) is 6.20. The first-order valence-corrected chi connectivity index (χ1v) is 9.53. The van der Waals surface area contributed by atoms with Crippen molar-refractivity contribution in [2.75, 3.05) is 7.11 Å². The maximum absolute atomic E-state index is 14.5. The zero-order chi connectivity index (χ0) is 19.6. The second-order valence-electron chi connectivity index (χ2n) is 7.66. The Kier molecular flexibility index (Phi) is 3.89. The van der Waals surface area contributed by atoms with Crippen molar-refractivity contribution >= 4 is 17.2 Å². The number of rotatable bonds is 4. The van der Waals surface area contributed by atoms with Gasteiger partial charge >= 0.3 is 0 Å². The van der Waals surface area contributed by atoms with Gasteiger partial charge in [0.05, 0.1) is 35.8 Å². The molecule has 144 valence electrons. The van der Waals surface area contributed by atoms with Gasteiger partial charge in [-0.15, -0.1) is 0 Å². The van der Waals surface area contributed by atoms with E-state index in [4.69, 9.17) is 9.72 Å². The maximum atomic E-state index is 14.5. The Morgan fingerprint density at radius 3 is 2.86 bits per heavy atom. The first-order valence-electron chi connectivity index (χ1n) is 9.53. The normalized spacial score (nSPS) is 15.6. The molecule has 0 bridgehead atoms. The van der Waals surface area contributed by atoms with Crippen LogP contribution in [-0.2, 0) is 35.5 Å². The molecule has 1 aliphatic carbocycles. The number of benzene rings is 1. The van der Waals surface area contributed by atoms with Gasteiger partial charge in [-0.3, -0.25) is 0 Å². The number of nitrogens with zero attached hydrogens (tertiary/aromatic N) is 2. The molecule has 3 heterocycles. The minimum atomic E-state index is -1.20. The Bertz CT molecular complexity index is 1150. The van der Waals surface area contributed by atoms with E-state index in [2.05, 4.69) is 4.57 Å². The van der Waals surface area contributed by atoms with Crippen molar-refractivity contribution < 1.29 is 19.0 Å². The molecule has 1 aliphatic heterocycles. The molecule has 1 atom stereocenters. The lowest BCUT2D eigenvalue weighted by Crippen LogP contribution is -2.11. The molecule has 0 amide bonds. The smallest absolute Gasteiger partial charge is 0.153 e. The summed E-state index contributed by atoms with van der Waals surface area (Å²) < 4.78 is 21.9. The number of aliphatic hydroxyl groups excluding tert-OH is 1. The van der Waals surface area contributed by atoms with Crippen LogP contribution in [-0.4, -0.2) is 28.1 Å². The number of aldehydes is 1. The van der Waals surface area contributed by atoms with Crippen LogP contribution in [0.4, 0.5) is 4.39 Å². The van der Waals surface area contributed by atoms with Crippen LogP contribution in [0, 0.1) is 12.7 Å². The monoisotopic (exact) mass is 380 g/mol. The summed E-state index contributed by atoms with van der Waals surface area (Å²) in [7, 11) is 1.59. The van der Waals surface area contributed by atoms with Gasteiger partial charge < -0.3 is 19.2 Å². The molecule has 1 aromatic carbocycles. The third kappa shape index (κ3) is 2.25. The zero-order valence-corrected chi connectivity index (χ0v) is 15.9. The van der Waals surface area contributed by atoms with Gasteiger partial charge in [-0.05, 0) is 48.9 Å². The van der Waals surface area contributed by atoms with Crippen molar-refractivity contribution in [1.82, 2.24) is 9.55 Å². The lowest BCUT2D eigenvalue weighted by molar-refractivity contribution is -0.115. The number of ether oxygens (including phenoxy) is 1. The van der Waals surface area contributed by atoms with Crippen LogP contribution in [0.1, 0.15) is 46.0 Å². The lowest BCUT2D eigenvalue weighted by Gasteiger charge is -2.22. The average Bonchev–Trinajstić information content (AvgIpc) is 3.23. The predicted molar refractivity (Wildman–Crippen MR) is 103 cm³/mol. The number of aryl methyl sites for hydroxylation is 2. The molecule has 1 unspecified atom stereocenters. The largest absolute Gasteiger partial charge is 0.381 e. The van der Waals surface area contributed by atoms with E-state index in [-0.39, 0.29) is 5.82 Å². The summed E-state index contributed by atoms with van der Waals surface area (Å²) >= 11 is 0. The highest BCUT2D eigenvalue weighted by atomic mass is 19.1. The van der Waals surface area contributed by atoms with Crippen LogP contribution in [0.2, 0.25) is 0 Å². The number of aromatic nitrogens is 2. The Hall–Kier alpha value is -2.57. The van der Waals surface area contributed by atoms with Gasteiger partial charge in [-0.1, -0.05) is 0 Å². The summed E-state index contributed by atoms with van der Waals surface area (Å²) in [5.41, 5.74) is 7.92. The van der Waals surface area contributed by atoms with Crippen molar-refractivity contribution in [3.05, 3.63) is 51.5 Å². The van der Waals surface area contributed by atoms with E-state index in [1.165, 1.54) is 17.2 Å². The van der Waals surface area contributed by atoms with Crippen LogP contribution in [0.3, 0.4) is 0 Å². The molecule has 0 radical (unpaired) electrons. The van der Waals surface area contributed by atoms with Gasteiger partial charge in [0.1, 0.15) is 11.9 Å². The SMILES string of the molecule is COCc1c(C(O)C=O)cc2n1Cc1c-2nc2cc(F)c(C)c3c2c1CCC3. The van der Waals surface area contributed by atoms with Crippen molar-refractivity contribution in [2.24, 2.45) is 0 Å². The van der Waals surface area contributed by atoms with E-state index in [1.807, 2.05) is 13.0 Å². The fraction of sp³-hybridized carbons (Fsp3) is 0.364. The second kappa shape index (κ2) is 6.22. The molecule has 2 aliphatic rings. The third-order valence-corrected chi connectivity index (χ3v) is 6.20. The van der Waals surface area contributed by atoms with E-state index in [1.54, 1.807) is 7.11 Å². The molecular formula is C22H21FN2O3. The summed E-state index contributed by atoms with van der Waals surface area (Å²) in [6.07, 6.45) is 2.15. The quantitative estimate of drug-likeness (QED) is 0.551. The molecule has 6 heteroatoms. The maximum Gasteiger partial charge on any atom is 0.153 e. The molecule has 28 heavy (non-hydrogen) atoms. The summed E-state index contributed by atoms with van der Waals surface area (Å²) in [6, 6.07) is 3.35. The number of methoxy groups -OCH3 is 1. The topological polar surface area (TPSA) is 64.3 Å². The fourth-order valence-corrected chi connectivity index (χ4v) is 4.88. The molecule has 2 aromatic heterocycles. The molecule has 0 fully saturated rings. The molecule has 0 saturated carbocycles. The van der Waals surface area contributed by atoms with Crippen molar-refractivity contribution in [3.63, 3.8) is 0 Å². The standard InChI is InChI=1S/C22H21FN2O3/c1-11-12-4-3-5-13-15-8-25-18(6-14(20(27)9-26)19(25)10-28-2)22(15)24-17(21(12)13)7-16(11)23/h6-7,9,20,27H,3-5,8,10H2,1-2H3. The molecule has 0 saturated heterocycles. The van der Waals surface area contributed by atoms with Gasteiger partial charge in [0.2, 0.25) is 0 Å². The molecular weight excluding hydrogens is 359 g/mol. The number of hydrogen-bond acceptors (Lipinski definition) is 4. The van der Waals surface area contributed by atoms with E-state index in [9.17, 15) is 14.3 Å². The Morgan fingerprint density at radius 1 is 1.32 bits per heavy atom. The van der Waals surface area contributed by atoms with Gasteiger partial charge in [0, 0.05) is 29.7 Å². The molecule has 3 aromatic rings. The Labute approximate surface area is 161 Å². The fourth-order valence-electron chi connectivity index (χ4n) is 4.88. The van der Waals surface area contributed by atoms with E-state index < -0.39 is 6.10 Å².